The summed E-state index contributed by atoms with van der Waals surface area (Å²) in [6, 6.07) is 22.7. The molecule has 0 heterocycles. The average Bonchev–Trinajstić information content (AvgIpc) is 2.80. The second-order valence-corrected chi connectivity index (χ2v) is 8.28. The van der Waals surface area contributed by atoms with E-state index in [0.717, 1.165) is 22.6 Å². The molecule has 3 rings (SSSR count). The van der Waals surface area contributed by atoms with Crippen LogP contribution in [0.25, 0.3) is 0 Å². The predicted molar refractivity (Wildman–Crippen MR) is 146 cm³/mol. The van der Waals surface area contributed by atoms with Crippen LogP contribution in [0.2, 0.25) is 0 Å². The number of esters is 1. The van der Waals surface area contributed by atoms with Crippen molar-refractivity contribution in [2.45, 2.75) is 41.5 Å². The van der Waals surface area contributed by atoms with Gasteiger partial charge in [-0.3, -0.25) is 9.79 Å². The number of hydrogen-bond acceptors (Lipinski definition) is 4. The molecule has 5 heteroatoms. The Balaban J connectivity index is 0.00000113. The Bertz CT molecular complexity index is 1100. The van der Waals surface area contributed by atoms with Gasteiger partial charge >= 0.3 is 5.97 Å². The molecule has 0 aliphatic rings. The average molecular weight is 516 g/mol. The molecule has 0 radical (unpaired) electrons. The summed E-state index contributed by atoms with van der Waals surface area (Å²) in [5.74, 6) is -0.148. The molecule has 0 bridgehead atoms. The third-order valence-corrected chi connectivity index (χ3v) is 5.17. The molecular weight excluding hydrogens is 479 g/mol. The maximum atomic E-state index is 10.3. The van der Waals surface area contributed by atoms with E-state index in [4.69, 9.17) is 9.98 Å². The van der Waals surface area contributed by atoms with Crippen molar-refractivity contribution in [2.75, 3.05) is 7.11 Å². The van der Waals surface area contributed by atoms with Gasteiger partial charge in [0.05, 0.1) is 36.3 Å². The van der Waals surface area contributed by atoms with E-state index in [-0.39, 0.29) is 35.8 Å². The fraction of sp³-hybridized carbons (Fsp3) is 0.267. The third-order valence-electron chi connectivity index (χ3n) is 5.17. The number of hydrogen-bond donors (Lipinski definition) is 0. The summed E-state index contributed by atoms with van der Waals surface area (Å²) in [6.07, 6.45) is 1.89. The molecule has 0 saturated heterocycles. The monoisotopic (exact) mass is 515 g/mol. The maximum Gasteiger partial charge on any atom is 0.308 e. The summed E-state index contributed by atoms with van der Waals surface area (Å²) in [5.41, 5.74) is 8.62. The molecule has 0 aromatic heterocycles. The van der Waals surface area contributed by atoms with Crippen LogP contribution in [0.1, 0.15) is 41.7 Å². The molecule has 4 nitrogen and oxygen atoms in total. The number of ether oxygens (including phenoxy) is 1. The van der Waals surface area contributed by atoms with Gasteiger partial charge in [-0.05, 0) is 49.9 Å². The number of carbonyl (C=O) groups excluding carboxylic acids is 1. The van der Waals surface area contributed by atoms with Crippen LogP contribution in [-0.2, 0) is 26.0 Å². The molecule has 0 atom stereocenters. The van der Waals surface area contributed by atoms with Gasteiger partial charge in [0.1, 0.15) is 0 Å². The van der Waals surface area contributed by atoms with Crippen molar-refractivity contribution in [3.05, 3.63) is 102 Å². The van der Waals surface area contributed by atoms with Crippen molar-refractivity contribution in [1.29, 1.82) is 0 Å². The van der Waals surface area contributed by atoms with Gasteiger partial charge in [0, 0.05) is 22.1 Å². The Labute approximate surface area is 221 Å². The van der Waals surface area contributed by atoms with Gasteiger partial charge in [0.25, 0.3) is 0 Å². The summed E-state index contributed by atoms with van der Waals surface area (Å²) in [4.78, 5) is 20.0. The standard InChI is InChI=1S/C24H24N2.C5H10O2.CH3.Ni/c1-17-10-8-11-18(2)23(17)25-16-22(21-14-6-5-7-15-21)26-24-19(3)12-9-13-20(24)4;1-4(2)5(6)7-3;;/h5-16H,1-4H3;4H,1-3H3;1H3;/q;;-1;. The van der Waals surface area contributed by atoms with Crippen LogP contribution < -0.4 is 0 Å². The smallest absolute Gasteiger partial charge is 0.308 e. The molecule has 3 aromatic carbocycles. The minimum absolute atomic E-state index is 0. The largest absolute Gasteiger partial charge is 0.469 e. The van der Waals surface area contributed by atoms with Gasteiger partial charge in [-0.25, -0.2) is 4.99 Å². The zero-order chi connectivity index (χ0) is 24.4. The van der Waals surface area contributed by atoms with Crippen molar-refractivity contribution in [1.82, 2.24) is 0 Å². The number of nitrogens with zero attached hydrogens (tertiary/aromatic N) is 2. The Hall–Kier alpha value is -3.04. The van der Waals surface area contributed by atoms with E-state index in [0.29, 0.717) is 0 Å². The first-order chi connectivity index (χ1) is 15.7. The first kappa shape index (κ1) is 32.0. The van der Waals surface area contributed by atoms with Crippen molar-refractivity contribution < 1.29 is 26.0 Å². The van der Waals surface area contributed by atoms with Crippen LogP contribution >= 0.6 is 0 Å². The summed E-state index contributed by atoms with van der Waals surface area (Å²) in [7, 11) is 1.39. The number of aliphatic imine (C=N–C) groups is 2. The number of benzene rings is 3. The van der Waals surface area contributed by atoms with E-state index in [1.165, 1.54) is 29.4 Å². The Morgan fingerprint density at radius 1 is 0.771 bits per heavy atom. The van der Waals surface area contributed by atoms with E-state index in [9.17, 15) is 4.79 Å². The van der Waals surface area contributed by atoms with Crippen molar-refractivity contribution >= 4 is 29.3 Å². The SMILES string of the molecule is COC(=O)C(C)C.Cc1cccc(C)c1N=CC(=Nc1c(C)cccc1C)c1ccccc1.[CH3-].[Ni]. The van der Waals surface area contributed by atoms with Crippen molar-refractivity contribution in [3.8, 4) is 0 Å². The molecule has 0 unspecified atom stereocenters. The zero-order valence-corrected chi connectivity index (χ0v) is 23.0. The molecular formula is C30H37N2NiO2-. The topological polar surface area (TPSA) is 51.0 Å². The molecule has 0 aliphatic carbocycles. The summed E-state index contributed by atoms with van der Waals surface area (Å²) in [6.45, 7) is 12.0. The number of methoxy groups -OCH3 is 1. The predicted octanol–water partition coefficient (Wildman–Crippen LogP) is 7.71. The van der Waals surface area contributed by atoms with E-state index >= 15 is 0 Å². The van der Waals surface area contributed by atoms with E-state index in [1.54, 1.807) is 13.8 Å². The zero-order valence-electron chi connectivity index (χ0n) is 22.0. The Morgan fingerprint density at radius 3 is 1.63 bits per heavy atom. The van der Waals surface area contributed by atoms with Gasteiger partial charge in [-0.2, -0.15) is 0 Å². The van der Waals surface area contributed by atoms with Crippen molar-refractivity contribution in [2.24, 2.45) is 15.9 Å². The summed E-state index contributed by atoms with van der Waals surface area (Å²) >= 11 is 0. The maximum absolute atomic E-state index is 10.3. The molecule has 0 fully saturated rings. The summed E-state index contributed by atoms with van der Waals surface area (Å²) in [5, 5.41) is 0. The summed E-state index contributed by atoms with van der Waals surface area (Å²) < 4.78 is 4.37. The molecule has 3 aromatic rings. The van der Waals surface area contributed by atoms with Crippen LogP contribution in [0.15, 0.2) is 76.7 Å². The fourth-order valence-electron chi connectivity index (χ4n) is 3.25. The molecule has 0 spiro atoms. The van der Waals surface area contributed by atoms with Crippen LogP contribution in [0, 0.1) is 41.0 Å². The number of carbonyl (C=O) groups is 1. The van der Waals surface area contributed by atoms with Gasteiger partial charge in [-0.1, -0.05) is 80.6 Å². The molecule has 35 heavy (non-hydrogen) atoms. The minimum atomic E-state index is -0.153. The molecule has 0 amide bonds. The van der Waals surface area contributed by atoms with Gasteiger partial charge in [-0.15, -0.1) is 0 Å². The van der Waals surface area contributed by atoms with Gasteiger partial charge < -0.3 is 12.2 Å². The van der Waals surface area contributed by atoms with Gasteiger partial charge in [0.2, 0.25) is 0 Å². The number of para-hydroxylation sites is 2. The van der Waals surface area contributed by atoms with Crippen molar-refractivity contribution in [3.63, 3.8) is 0 Å². The fourth-order valence-corrected chi connectivity index (χ4v) is 3.25. The Kier molecular flexibility index (Phi) is 14.4. The third kappa shape index (κ3) is 9.62. The van der Waals surface area contributed by atoms with Crippen LogP contribution in [0.3, 0.4) is 0 Å². The molecule has 0 aliphatic heterocycles. The second kappa shape index (κ2) is 15.8. The number of aryl methyl sites for hydroxylation is 4. The second-order valence-electron chi connectivity index (χ2n) is 8.28. The minimum Gasteiger partial charge on any atom is -0.469 e. The van der Waals surface area contributed by atoms with E-state index in [1.807, 2.05) is 24.4 Å². The normalized spacial score (nSPS) is 10.7. The van der Waals surface area contributed by atoms with Gasteiger partial charge in [0.15, 0.2) is 0 Å². The van der Waals surface area contributed by atoms with Crippen LogP contribution in [0.5, 0.6) is 0 Å². The van der Waals surface area contributed by atoms with E-state index < -0.39 is 0 Å². The van der Waals surface area contributed by atoms with Crippen LogP contribution in [-0.4, -0.2) is 25.0 Å². The molecule has 0 saturated carbocycles. The Morgan fingerprint density at radius 2 is 1.23 bits per heavy atom. The van der Waals surface area contributed by atoms with Crippen LogP contribution in [0.4, 0.5) is 11.4 Å². The first-order valence-corrected chi connectivity index (χ1v) is 11.1. The van der Waals surface area contributed by atoms with E-state index in [2.05, 4.69) is 81.0 Å². The molecule has 0 N–H and O–H groups in total. The molecule has 190 valence electrons. The first-order valence-electron chi connectivity index (χ1n) is 11.1. The number of rotatable bonds is 5. The quantitative estimate of drug-likeness (QED) is 0.151.